The molecule has 0 atom stereocenters. The van der Waals surface area contributed by atoms with Gasteiger partial charge in [0.05, 0.1) is 10.6 Å². The van der Waals surface area contributed by atoms with Gasteiger partial charge in [-0.3, -0.25) is 4.79 Å². The number of aromatic hydroxyl groups is 1. The Labute approximate surface area is 157 Å². The van der Waals surface area contributed by atoms with Crippen LogP contribution in [0.2, 0.25) is 0 Å². The van der Waals surface area contributed by atoms with E-state index >= 15 is 0 Å². The summed E-state index contributed by atoms with van der Waals surface area (Å²) in [5, 5.41) is 10.2. The number of amides is 1. The molecule has 0 aromatic heterocycles. The maximum Gasteiger partial charge on any atom is 0.326 e. The van der Waals surface area contributed by atoms with Crippen LogP contribution in [-0.4, -0.2) is 45.7 Å². The van der Waals surface area contributed by atoms with Crippen LogP contribution in [0.25, 0.3) is 0 Å². The fraction of sp³-hybridized carbons (Fsp3) is 0.188. The summed E-state index contributed by atoms with van der Waals surface area (Å²) in [6.45, 7) is -0.466. The first-order valence-corrected chi connectivity index (χ1v) is 10.7. The minimum Gasteiger partial charge on any atom is -0.506 e. The zero-order valence-corrected chi connectivity index (χ0v) is 15.9. The van der Waals surface area contributed by atoms with E-state index in [1.165, 1.54) is 37.4 Å². The van der Waals surface area contributed by atoms with Crippen LogP contribution in [0.4, 0.5) is 5.69 Å². The molecule has 2 aromatic rings. The summed E-state index contributed by atoms with van der Waals surface area (Å²) in [5.41, 5.74) is 0.389. The lowest BCUT2D eigenvalue weighted by Gasteiger charge is -2.19. The molecule has 0 bridgehead atoms. The topological polar surface area (TPSA) is 124 Å². The van der Waals surface area contributed by atoms with E-state index in [0.29, 0.717) is 5.56 Å². The van der Waals surface area contributed by atoms with Crippen LogP contribution in [-0.2, 0) is 31.6 Å². The maximum absolute atomic E-state index is 12.5. The molecule has 9 nitrogen and oxygen atoms in total. The van der Waals surface area contributed by atoms with Crippen molar-refractivity contribution in [3.8, 4) is 5.75 Å². The first kappa shape index (κ1) is 19.1. The van der Waals surface area contributed by atoms with Gasteiger partial charge in [-0.2, -0.15) is 12.7 Å². The van der Waals surface area contributed by atoms with E-state index in [0.717, 1.165) is 8.61 Å². The van der Waals surface area contributed by atoms with Gasteiger partial charge in [0.2, 0.25) is 10.0 Å². The quantitative estimate of drug-likeness (QED) is 0.734. The molecule has 2 N–H and O–H groups in total. The van der Waals surface area contributed by atoms with E-state index in [-0.39, 0.29) is 22.9 Å². The smallest absolute Gasteiger partial charge is 0.326 e. The molecular weight excluding hydrogens is 394 g/mol. The molecule has 2 aromatic carbocycles. The Morgan fingerprint density at radius 1 is 1.19 bits per heavy atom. The van der Waals surface area contributed by atoms with Gasteiger partial charge < -0.3 is 5.11 Å². The third kappa shape index (κ3) is 3.75. The van der Waals surface area contributed by atoms with Gasteiger partial charge >= 0.3 is 10.2 Å². The zero-order chi connectivity index (χ0) is 19.8. The third-order valence-corrected chi connectivity index (χ3v) is 7.19. The largest absolute Gasteiger partial charge is 0.506 e. The first-order valence-electron chi connectivity index (χ1n) is 7.78. The molecule has 0 aliphatic carbocycles. The number of anilines is 1. The summed E-state index contributed by atoms with van der Waals surface area (Å²) in [5.74, 6) is -1.08. The van der Waals surface area contributed by atoms with Crippen LogP contribution in [0.1, 0.15) is 5.56 Å². The van der Waals surface area contributed by atoms with Crippen LogP contribution >= 0.6 is 0 Å². The summed E-state index contributed by atoms with van der Waals surface area (Å²) in [7, 11) is -6.35. The van der Waals surface area contributed by atoms with E-state index in [4.69, 9.17) is 0 Å². The van der Waals surface area contributed by atoms with Crippen LogP contribution in [0.5, 0.6) is 5.75 Å². The second kappa shape index (κ2) is 6.83. The van der Waals surface area contributed by atoms with Crippen molar-refractivity contribution >= 4 is 31.8 Å². The highest BCUT2D eigenvalue weighted by atomic mass is 32.2. The van der Waals surface area contributed by atoms with E-state index in [9.17, 15) is 26.7 Å². The predicted molar refractivity (Wildman–Crippen MR) is 97.6 cm³/mol. The first-order chi connectivity index (χ1) is 12.6. The second-order valence-electron chi connectivity index (χ2n) is 5.93. The summed E-state index contributed by atoms with van der Waals surface area (Å²) in [6, 6.07) is 12.0. The monoisotopic (exact) mass is 411 g/mol. The number of hydrogen-bond donors (Lipinski definition) is 2. The Kier molecular flexibility index (Phi) is 4.84. The molecule has 0 saturated carbocycles. The molecular formula is C16H17N3O6S2. The van der Waals surface area contributed by atoms with Crippen molar-refractivity contribution < 1.29 is 26.7 Å². The Balaban J connectivity index is 1.83. The molecule has 1 heterocycles. The predicted octanol–water partition coefficient (Wildman–Crippen LogP) is 0.394. The van der Waals surface area contributed by atoms with Crippen molar-refractivity contribution in [3.63, 3.8) is 0 Å². The molecule has 0 radical (unpaired) electrons. The van der Waals surface area contributed by atoms with Gasteiger partial charge in [0.15, 0.2) is 0 Å². The molecule has 1 amide bonds. The van der Waals surface area contributed by atoms with Crippen molar-refractivity contribution in [1.82, 2.24) is 9.03 Å². The molecule has 1 fully saturated rings. The number of nitrogens with one attached hydrogen (secondary N) is 1. The van der Waals surface area contributed by atoms with Crippen LogP contribution in [0.15, 0.2) is 53.4 Å². The van der Waals surface area contributed by atoms with Gasteiger partial charge in [-0.15, -0.1) is 0 Å². The minimum absolute atomic E-state index is 0.0327. The highest BCUT2D eigenvalue weighted by Crippen LogP contribution is 2.32. The van der Waals surface area contributed by atoms with E-state index in [1.54, 1.807) is 18.2 Å². The SMILES string of the molecule is CN(Cc1ccc(N2CC(=O)NS2(=O)=O)c(O)c1)S(=O)(=O)c1ccccc1. The van der Waals surface area contributed by atoms with Crippen LogP contribution in [0.3, 0.4) is 0 Å². The molecule has 11 heteroatoms. The van der Waals surface area contributed by atoms with Crippen LogP contribution < -0.4 is 9.03 Å². The number of benzene rings is 2. The number of hydrogen-bond acceptors (Lipinski definition) is 6. The lowest BCUT2D eigenvalue weighted by atomic mass is 10.2. The van der Waals surface area contributed by atoms with Crippen molar-refractivity contribution in [3.05, 3.63) is 54.1 Å². The Bertz CT molecular complexity index is 1080. The number of phenols is 1. The molecule has 1 aliphatic rings. The lowest BCUT2D eigenvalue weighted by Crippen LogP contribution is -2.29. The Morgan fingerprint density at radius 3 is 2.41 bits per heavy atom. The molecule has 1 aliphatic heterocycles. The molecule has 27 heavy (non-hydrogen) atoms. The highest BCUT2D eigenvalue weighted by Gasteiger charge is 2.35. The fourth-order valence-corrected chi connectivity index (χ4v) is 5.00. The van der Waals surface area contributed by atoms with E-state index in [2.05, 4.69) is 0 Å². The van der Waals surface area contributed by atoms with Gasteiger partial charge in [0, 0.05) is 13.6 Å². The summed E-state index contributed by atoms with van der Waals surface area (Å²) in [6.07, 6.45) is 0. The fourth-order valence-electron chi connectivity index (χ4n) is 2.65. The minimum atomic E-state index is -4.04. The van der Waals surface area contributed by atoms with Crippen molar-refractivity contribution in [2.75, 3.05) is 17.9 Å². The maximum atomic E-state index is 12.5. The van der Waals surface area contributed by atoms with Crippen molar-refractivity contribution in [2.24, 2.45) is 0 Å². The normalized spacial score (nSPS) is 16.5. The summed E-state index contributed by atoms with van der Waals surface area (Å²) < 4.78 is 52.5. The average Bonchev–Trinajstić information content (AvgIpc) is 2.88. The number of sulfonamides is 1. The molecule has 144 valence electrons. The Hall–Kier alpha value is -2.63. The van der Waals surface area contributed by atoms with Gasteiger partial charge in [-0.1, -0.05) is 24.3 Å². The van der Waals surface area contributed by atoms with Gasteiger partial charge in [0.1, 0.15) is 12.3 Å². The van der Waals surface area contributed by atoms with Gasteiger partial charge in [-0.25, -0.2) is 17.4 Å². The number of phenolic OH excluding ortho intramolecular Hbond substituents is 1. The number of carbonyl (C=O) groups excluding carboxylic acids is 1. The summed E-state index contributed by atoms with van der Waals surface area (Å²) >= 11 is 0. The van der Waals surface area contributed by atoms with E-state index in [1.807, 2.05) is 4.72 Å². The molecule has 3 rings (SSSR count). The summed E-state index contributed by atoms with van der Waals surface area (Å²) in [4.78, 5) is 11.5. The van der Waals surface area contributed by atoms with Gasteiger partial charge in [-0.05, 0) is 29.8 Å². The second-order valence-corrected chi connectivity index (χ2v) is 9.57. The van der Waals surface area contributed by atoms with E-state index < -0.39 is 32.7 Å². The highest BCUT2D eigenvalue weighted by molar-refractivity contribution is 7.92. The Morgan fingerprint density at radius 2 is 1.85 bits per heavy atom. The zero-order valence-electron chi connectivity index (χ0n) is 14.2. The van der Waals surface area contributed by atoms with Crippen molar-refractivity contribution in [1.29, 1.82) is 0 Å². The molecule has 0 unspecified atom stereocenters. The average molecular weight is 411 g/mol. The van der Waals surface area contributed by atoms with Gasteiger partial charge in [0.25, 0.3) is 5.91 Å². The number of rotatable bonds is 5. The molecule has 0 spiro atoms. The molecule has 1 saturated heterocycles. The lowest BCUT2D eigenvalue weighted by molar-refractivity contribution is -0.117. The third-order valence-electron chi connectivity index (χ3n) is 3.99. The number of nitrogens with zero attached hydrogens (tertiary/aromatic N) is 2. The number of carbonyl (C=O) groups is 1. The van der Waals surface area contributed by atoms with Crippen LogP contribution in [0, 0.1) is 0 Å². The standard InChI is InChI=1S/C16H17N3O6S2/c1-18(26(22,23)13-5-3-2-4-6-13)10-12-7-8-14(15(20)9-12)19-11-16(21)17-27(19,24)25/h2-9,20H,10-11H2,1H3,(H,17,21). The van der Waals surface area contributed by atoms with Crippen molar-refractivity contribution in [2.45, 2.75) is 11.4 Å².